The van der Waals surface area contributed by atoms with E-state index in [-0.39, 0.29) is 12.0 Å². The molecule has 0 bridgehead atoms. The van der Waals surface area contributed by atoms with Crippen LogP contribution in [0.5, 0.6) is 0 Å². The molecule has 2 N–H and O–H groups in total. The number of halogens is 2. The van der Waals surface area contributed by atoms with Crippen molar-refractivity contribution < 1.29 is 18.3 Å². The summed E-state index contributed by atoms with van der Waals surface area (Å²) in [5, 5.41) is 0. The molecule has 0 saturated carbocycles. The summed E-state index contributed by atoms with van der Waals surface area (Å²) in [6.07, 6.45) is -0.448. The fraction of sp³-hybridized carbons (Fsp3) is 0.538. The molecule has 0 aromatic heterocycles. The monoisotopic (exact) mass is 259 g/mol. The molecule has 0 heterocycles. The molecule has 102 valence electrons. The van der Waals surface area contributed by atoms with Crippen molar-refractivity contribution in [2.45, 2.75) is 32.6 Å². The molecule has 1 aromatic rings. The van der Waals surface area contributed by atoms with E-state index < -0.39 is 24.0 Å². The number of rotatable bonds is 7. The van der Waals surface area contributed by atoms with Crippen LogP contribution in [0.2, 0.25) is 0 Å². The highest BCUT2D eigenvalue weighted by atomic mass is 19.1. The Labute approximate surface area is 106 Å². The van der Waals surface area contributed by atoms with Gasteiger partial charge in [-0.25, -0.2) is 8.78 Å². The number of ether oxygens (including phenoxy) is 2. The lowest BCUT2D eigenvalue weighted by atomic mass is 10.1. The number of hydrogen-bond acceptors (Lipinski definition) is 3. The maximum atomic E-state index is 13.5. The Morgan fingerprint density at radius 3 is 2.33 bits per heavy atom. The van der Waals surface area contributed by atoms with E-state index in [0.29, 0.717) is 13.2 Å². The third kappa shape index (κ3) is 4.33. The van der Waals surface area contributed by atoms with Gasteiger partial charge in [0.2, 0.25) is 0 Å². The molecular weight excluding hydrogens is 240 g/mol. The van der Waals surface area contributed by atoms with Crippen LogP contribution in [0.15, 0.2) is 18.2 Å². The van der Waals surface area contributed by atoms with Gasteiger partial charge in [-0.1, -0.05) is 0 Å². The molecule has 0 aliphatic rings. The minimum atomic E-state index is -0.609. The van der Waals surface area contributed by atoms with Gasteiger partial charge in [0.25, 0.3) is 0 Å². The van der Waals surface area contributed by atoms with E-state index in [0.717, 1.165) is 18.2 Å². The predicted molar refractivity (Wildman–Crippen MR) is 65.1 cm³/mol. The van der Waals surface area contributed by atoms with E-state index >= 15 is 0 Å². The molecule has 0 fully saturated rings. The second kappa shape index (κ2) is 7.41. The second-order valence-corrected chi connectivity index (χ2v) is 3.88. The zero-order valence-electron chi connectivity index (χ0n) is 10.7. The van der Waals surface area contributed by atoms with Crippen molar-refractivity contribution in [3.05, 3.63) is 35.4 Å². The Kier molecular flexibility index (Phi) is 6.18. The van der Waals surface area contributed by atoms with Crippen LogP contribution < -0.4 is 5.73 Å². The van der Waals surface area contributed by atoms with Crippen LogP contribution in [0.1, 0.15) is 19.4 Å². The molecule has 18 heavy (non-hydrogen) atoms. The molecule has 0 aliphatic carbocycles. The van der Waals surface area contributed by atoms with Crippen LogP contribution in [-0.2, 0) is 15.9 Å². The van der Waals surface area contributed by atoms with Gasteiger partial charge in [-0.15, -0.1) is 0 Å². The normalized spacial score (nSPS) is 13.0. The van der Waals surface area contributed by atoms with E-state index in [2.05, 4.69) is 0 Å². The highest BCUT2D eigenvalue weighted by Crippen LogP contribution is 2.14. The van der Waals surface area contributed by atoms with Gasteiger partial charge in [0.1, 0.15) is 11.6 Å². The summed E-state index contributed by atoms with van der Waals surface area (Å²) in [7, 11) is 0. The van der Waals surface area contributed by atoms with Crippen LogP contribution in [0.25, 0.3) is 0 Å². The lowest BCUT2D eigenvalue weighted by Crippen LogP contribution is -2.40. The number of benzene rings is 1. The third-order valence-electron chi connectivity index (χ3n) is 2.47. The molecule has 1 aromatic carbocycles. The quantitative estimate of drug-likeness (QED) is 0.764. The standard InChI is InChI=1S/C13H19F2NO2/c1-3-17-13(18-4-2)12(16)8-9-7-10(14)5-6-11(9)15/h5-7,12-13H,3-4,8,16H2,1-2H3. The molecule has 0 spiro atoms. The molecule has 3 nitrogen and oxygen atoms in total. The van der Waals surface area contributed by atoms with Crippen molar-refractivity contribution in [3.63, 3.8) is 0 Å². The largest absolute Gasteiger partial charge is 0.351 e. The van der Waals surface area contributed by atoms with Gasteiger partial charge < -0.3 is 15.2 Å². The van der Waals surface area contributed by atoms with Crippen molar-refractivity contribution in [2.75, 3.05) is 13.2 Å². The number of nitrogens with two attached hydrogens (primary N) is 1. The minimum absolute atomic E-state index is 0.161. The maximum absolute atomic E-state index is 13.5. The summed E-state index contributed by atoms with van der Waals surface area (Å²) in [6, 6.07) is 2.77. The predicted octanol–water partition coefficient (Wildman–Crippen LogP) is 2.23. The lowest BCUT2D eigenvalue weighted by Gasteiger charge is -2.23. The fourth-order valence-electron chi connectivity index (χ4n) is 1.67. The minimum Gasteiger partial charge on any atom is -0.351 e. The van der Waals surface area contributed by atoms with Crippen LogP contribution in [0.4, 0.5) is 8.78 Å². The Morgan fingerprint density at radius 1 is 1.17 bits per heavy atom. The van der Waals surface area contributed by atoms with Crippen LogP contribution in [0.3, 0.4) is 0 Å². The summed E-state index contributed by atoms with van der Waals surface area (Å²) in [5.41, 5.74) is 6.13. The highest BCUT2D eigenvalue weighted by Gasteiger charge is 2.20. The summed E-state index contributed by atoms with van der Waals surface area (Å²) >= 11 is 0. The van der Waals surface area contributed by atoms with Crippen LogP contribution in [-0.4, -0.2) is 25.5 Å². The van der Waals surface area contributed by atoms with Crippen molar-refractivity contribution in [1.29, 1.82) is 0 Å². The van der Waals surface area contributed by atoms with Gasteiger partial charge in [0, 0.05) is 13.2 Å². The molecule has 1 rings (SSSR count). The summed E-state index contributed by atoms with van der Waals surface area (Å²) < 4.78 is 37.1. The average Bonchev–Trinajstić information content (AvgIpc) is 2.33. The van der Waals surface area contributed by atoms with E-state index in [9.17, 15) is 8.78 Å². The molecule has 1 unspecified atom stereocenters. The van der Waals surface area contributed by atoms with Gasteiger partial charge in [0.05, 0.1) is 6.04 Å². The van der Waals surface area contributed by atoms with E-state index in [1.165, 1.54) is 0 Å². The fourth-order valence-corrected chi connectivity index (χ4v) is 1.67. The average molecular weight is 259 g/mol. The summed E-state index contributed by atoms with van der Waals surface area (Å²) in [5.74, 6) is -0.957. The molecule has 5 heteroatoms. The van der Waals surface area contributed by atoms with Gasteiger partial charge in [0.15, 0.2) is 6.29 Å². The molecular formula is C13H19F2NO2. The summed E-state index contributed by atoms with van der Waals surface area (Å²) in [6.45, 7) is 4.54. The van der Waals surface area contributed by atoms with E-state index in [4.69, 9.17) is 15.2 Å². The first-order chi connectivity index (χ1) is 8.58. The van der Waals surface area contributed by atoms with Gasteiger partial charge >= 0.3 is 0 Å². The molecule has 1 atom stereocenters. The summed E-state index contributed by atoms with van der Waals surface area (Å²) in [4.78, 5) is 0. The third-order valence-corrected chi connectivity index (χ3v) is 2.47. The zero-order valence-corrected chi connectivity index (χ0v) is 10.7. The first kappa shape index (κ1) is 15.0. The Morgan fingerprint density at radius 2 is 1.78 bits per heavy atom. The topological polar surface area (TPSA) is 44.5 Å². The highest BCUT2D eigenvalue weighted by molar-refractivity contribution is 5.19. The van der Waals surface area contributed by atoms with Gasteiger partial charge in [-0.3, -0.25) is 0 Å². The molecule has 0 radical (unpaired) electrons. The van der Waals surface area contributed by atoms with Crippen molar-refractivity contribution in [3.8, 4) is 0 Å². The SMILES string of the molecule is CCOC(OCC)C(N)Cc1cc(F)ccc1F. The van der Waals surface area contributed by atoms with Crippen molar-refractivity contribution >= 4 is 0 Å². The molecule has 0 aliphatic heterocycles. The van der Waals surface area contributed by atoms with Crippen molar-refractivity contribution in [2.24, 2.45) is 5.73 Å². The van der Waals surface area contributed by atoms with Gasteiger partial charge in [-0.2, -0.15) is 0 Å². The Bertz CT molecular complexity index is 368. The molecule has 0 amide bonds. The first-order valence-electron chi connectivity index (χ1n) is 6.01. The zero-order chi connectivity index (χ0) is 13.5. The first-order valence-corrected chi connectivity index (χ1v) is 6.01. The van der Waals surface area contributed by atoms with Crippen molar-refractivity contribution in [1.82, 2.24) is 0 Å². The van der Waals surface area contributed by atoms with E-state index in [1.807, 2.05) is 13.8 Å². The Balaban J connectivity index is 2.71. The molecule has 0 saturated heterocycles. The smallest absolute Gasteiger partial charge is 0.172 e. The lowest BCUT2D eigenvalue weighted by molar-refractivity contribution is -0.148. The number of hydrogen-bond donors (Lipinski definition) is 1. The van der Waals surface area contributed by atoms with Crippen LogP contribution >= 0.6 is 0 Å². The van der Waals surface area contributed by atoms with Crippen LogP contribution in [0, 0.1) is 11.6 Å². The van der Waals surface area contributed by atoms with E-state index in [1.54, 1.807) is 0 Å². The Hall–Kier alpha value is -1.04. The second-order valence-electron chi connectivity index (χ2n) is 3.88. The maximum Gasteiger partial charge on any atom is 0.172 e. The van der Waals surface area contributed by atoms with Gasteiger partial charge in [-0.05, 0) is 44.0 Å².